The van der Waals surface area contributed by atoms with E-state index in [0.29, 0.717) is 35.2 Å². The molecule has 1 saturated heterocycles. The Morgan fingerprint density at radius 1 is 1.29 bits per heavy atom. The highest BCUT2D eigenvalue weighted by molar-refractivity contribution is 8.15. The molecule has 0 saturated carbocycles. The van der Waals surface area contributed by atoms with Gasteiger partial charge in [0.1, 0.15) is 12.4 Å². The van der Waals surface area contributed by atoms with E-state index < -0.39 is 12.0 Å². The van der Waals surface area contributed by atoms with Crippen molar-refractivity contribution in [2.45, 2.75) is 31.6 Å². The molecule has 1 fully saturated rings. The topological polar surface area (TPSA) is 77.4 Å². The highest BCUT2D eigenvalue weighted by Crippen LogP contribution is 2.44. The molecule has 28 heavy (non-hydrogen) atoms. The van der Waals surface area contributed by atoms with Crippen molar-refractivity contribution < 1.29 is 23.8 Å². The van der Waals surface area contributed by atoms with E-state index in [4.69, 9.17) is 14.2 Å². The third-order valence-corrected chi connectivity index (χ3v) is 5.99. The highest BCUT2D eigenvalue weighted by Gasteiger charge is 2.47. The lowest BCUT2D eigenvalue weighted by atomic mass is 9.94. The molecule has 7 nitrogen and oxygen atoms in total. The SMILES string of the molecule is CC[C@@H]1SC2=NC(C)=C(C(=O)OCCOC)[C@@H](c3cccc(OC)c3)N2C1=O. The number of amides is 1. The third-order valence-electron chi connectivity index (χ3n) is 4.67. The number of fused-ring (bicyclic) bond motifs is 1. The van der Waals surface area contributed by atoms with Gasteiger partial charge < -0.3 is 14.2 Å². The first kappa shape index (κ1) is 20.4. The molecule has 150 valence electrons. The lowest BCUT2D eigenvalue weighted by Crippen LogP contribution is -2.40. The molecule has 8 heteroatoms. The number of ether oxygens (including phenoxy) is 3. The number of hydrogen-bond acceptors (Lipinski definition) is 7. The van der Waals surface area contributed by atoms with Gasteiger partial charge in [0.2, 0.25) is 5.91 Å². The second kappa shape index (κ2) is 8.79. The molecule has 2 aliphatic heterocycles. The Bertz CT molecular complexity index is 836. The maximum Gasteiger partial charge on any atom is 0.338 e. The Balaban J connectivity index is 2.06. The van der Waals surface area contributed by atoms with Gasteiger partial charge in [-0.1, -0.05) is 30.8 Å². The van der Waals surface area contributed by atoms with E-state index in [2.05, 4.69) is 4.99 Å². The molecule has 0 aliphatic carbocycles. The summed E-state index contributed by atoms with van der Waals surface area (Å²) >= 11 is 1.44. The number of amidine groups is 1. The predicted octanol–water partition coefficient (Wildman–Crippen LogP) is 2.92. The zero-order valence-corrected chi connectivity index (χ0v) is 17.2. The van der Waals surface area contributed by atoms with Crippen LogP contribution < -0.4 is 4.74 Å². The van der Waals surface area contributed by atoms with Gasteiger partial charge in [-0.3, -0.25) is 9.69 Å². The van der Waals surface area contributed by atoms with Gasteiger partial charge in [-0.05, 0) is 31.0 Å². The molecule has 2 aliphatic rings. The monoisotopic (exact) mass is 404 g/mol. The van der Waals surface area contributed by atoms with E-state index in [9.17, 15) is 9.59 Å². The van der Waals surface area contributed by atoms with E-state index in [1.165, 1.54) is 11.8 Å². The van der Waals surface area contributed by atoms with Crippen molar-refractivity contribution >= 4 is 28.8 Å². The van der Waals surface area contributed by atoms with E-state index in [-0.39, 0.29) is 17.8 Å². The number of hydrogen-bond donors (Lipinski definition) is 0. The van der Waals surface area contributed by atoms with Crippen molar-refractivity contribution in [2.75, 3.05) is 27.4 Å². The van der Waals surface area contributed by atoms with Crippen LogP contribution in [0.3, 0.4) is 0 Å². The minimum atomic E-state index is -0.603. The number of benzene rings is 1. The summed E-state index contributed by atoms with van der Waals surface area (Å²) in [5.41, 5.74) is 1.69. The first-order valence-electron chi connectivity index (χ1n) is 9.11. The summed E-state index contributed by atoms with van der Waals surface area (Å²) in [6.45, 7) is 4.17. The molecule has 0 aromatic heterocycles. The van der Waals surface area contributed by atoms with Crippen LogP contribution in [0.4, 0.5) is 0 Å². The normalized spacial score (nSPS) is 21.5. The number of rotatable bonds is 7. The molecule has 3 rings (SSSR count). The van der Waals surface area contributed by atoms with Gasteiger partial charge in [0, 0.05) is 7.11 Å². The Morgan fingerprint density at radius 3 is 2.75 bits per heavy atom. The number of thioether (sulfide) groups is 1. The van der Waals surface area contributed by atoms with E-state index in [0.717, 1.165) is 5.56 Å². The van der Waals surface area contributed by atoms with Crippen LogP contribution >= 0.6 is 11.8 Å². The van der Waals surface area contributed by atoms with Gasteiger partial charge in [-0.15, -0.1) is 0 Å². The predicted molar refractivity (Wildman–Crippen MR) is 107 cm³/mol. The van der Waals surface area contributed by atoms with Crippen LogP contribution in [0.2, 0.25) is 0 Å². The van der Waals surface area contributed by atoms with E-state index in [1.807, 2.05) is 31.2 Å². The molecule has 0 N–H and O–H groups in total. The molecular weight excluding hydrogens is 380 g/mol. The Morgan fingerprint density at radius 2 is 2.07 bits per heavy atom. The molecule has 2 heterocycles. The molecule has 1 aromatic rings. The van der Waals surface area contributed by atoms with Crippen LogP contribution in [0.5, 0.6) is 5.75 Å². The van der Waals surface area contributed by atoms with E-state index in [1.54, 1.807) is 26.0 Å². The molecule has 0 bridgehead atoms. The zero-order chi connectivity index (χ0) is 20.3. The fourth-order valence-corrected chi connectivity index (χ4v) is 4.41. The molecule has 2 atom stereocenters. The summed E-state index contributed by atoms with van der Waals surface area (Å²) < 4.78 is 15.7. The lowest BCUT2D eigenvalue weighted by Gasteiger charge is -2.33. The smallest absolute Gasteiger partial charge is 0.338 e. The molecule has 0 spiro atoms. The second-order valence-electron chi connectivity index (χ2n) is 6.42. The van der Waals surface area contributed by atoms with Crippen LogP contribution in [0, 0.1) is 0 Å². The summed E-state index contributed by atoms with van der Waals surface area (Å²) in [5.74, 6) is 0.106. The van der Waals surface area contributed by atoms with Gasteiger partial charge in [-0.2, -0.15) is 0 Å². The number of nitrogens with zero attached hydrogens (tertiary/aromatic N) is 2. The molecular formula is C20H24N2O5S. The Hall–Kier alpha value is -2.32. The average molecular weight is 404 g/mol. The van der Waals surface area contributed by atoms with Crippen molar-refractivity contribution in [1.82, 2.24) is 4.90 Å². The number of aliphatic imine (C=N–C) groups is 1. The van der Waals surface area contributed by atoms with Gasteiger partial charge >= 0.3 is 5.97 Å². The number of carbonyl (C=O) groups excluding carboxylic acids is 2. The number of esters is 1. The van der Waals surface area contributed by atoms with Gasteiger partial charge in [-0.25, -0.2) is 9.79 Å². The second-order valence-corrected chi connectivity index (χ2v) is 7.59. The lowest BCUT2D eigenvalue weighted by molar-refractivity contribution is -0.141. The van der Waals surface area contributed by atoms with Crippen LogP contribution in [0.1, 0.15) is 31.9 Å². The number of allylic oxidation sites excluding steroid dienone is 1. The van der Waals surface area contributed by atoms with Crippen LogP contribution in [0.15, 0.2) is 40.5 Å². The van der Waals surface area contributed by atoms with Crippen LogP contribution in [-0.2, 0) is 19.1 Å². The first-order valence-corrected chi connectivity index (χ1v) is 9.99. The highest BCUT2D eigenvalue weighted by atomic mass is 32.2. The van der Waals surface area contributed by atoms with Crippen molar-refractivity contribution in [3.05, 3.63) is 41.1 Å². The molecule has 0 unspecified atom stereocenters. The van der Waals surface area contributed by atoms with Crippen molar-refractivity contribution in [3.63, 3.8) is 0 Å². The first-order chi connectivity index (χ1) is 13.5. The maximum atomic E-state index is 13.0. The summed E-state index contributed by atoms with van der Waals surface area (Å²) in [5, 5.41) is 0.416. The summed E-state index contributed by atoms with van der Waals surface area (Å²) in [7, 11) is 3.12. The largest absolute Gasteiger partial charge is 0.497 e. The standard InChI is InChI=1S/C20H24N2O5S/c1-5-15-18(23)22-17(13-7-6-8-14(11-13)26-4)16(12(2)21-20(22)28-15)19(24)27-10-9-25-3/h6-8,11,15,17H,5,9-10H2,1-4H3/t15-,17+/m0/s1. The zero-order valence-electron chi connectivity index (χ0n) is 16.4. The van der Waals surface area contributed by atoms with Crippen molar-refractivity contribution in [3.8, 4) is 5.75 Å². The Kier molecular flexibility index (Phi) is 6.41. The van der Waals surface area contributed by atoms with Crippen LogP contribution in [-0.4, -0.2) is 54.6 Å². The fourth-order valence-electron chi connectivity index (χ4n) is 3.27. The van der Waals surface area contributed by atoms with Crippen LogP contribution in [0.25, 0.3) is 0 Å². The average Bonchev–Trinajstić information content (AvgIpc) is 3.02. The summed E-state index contributed by atoms with van der Waals surface area (Å²) in [6.07, 6.45) is 0.691. The van der Waals surface area contributed by atoms with Crippen molar-refractivity contribution in [2.24, 2.45) is 4.99 Å². The molecule has 1 amide bonds. The Labute approximate surface area is 168 Å². The molecule has 1 aromatic carbocycles. The number of carbonyl (C=O) groups is 2. The van der Waals surface area contributed by atoms with Gasteiger partial charge in [0.25, 0.3) is 0 Å². The fraction of sp³-hybridized carbons (Fsp3) is 0.450. The van der Waals surface area contributed by atoms with E-state index >= 15 is 0 Å². The maximum absolute atomic E-state index is 13.0. The van der Waals surface area contributed by atoms with Crippen molar-refractivity contribution in [1.29, 1.82) is 0 Å². The van der Waals surface area contributed by atoms with Gasteiger partial charge in [0.15, 0.2) is 5.17 Å². The quantitative estimate of drug-likeness (QED) is 0.514. The minimum absolute atomic E-state index is 0.0474. The number of methoxy groups -OCH3 is 2. The summed E-state index contributed by atoms with van der Waals surface area (Å²) in [4.78, 5) is 32.1. The summed E-state index contributed by atoms with van der Waals surface area (Å²) in [6, 6.07) is 6.77. The minimum Gasteiger partial charge on any atom is -0.497 e. The molecule has 0 radical (unpaired) electrons. The third kappa shape index (κ3) is 3.79. The van der Waals surface area contributed by atoms with Gasteiger partial charge in [0.05, 0.1) is 36.3 Å².